The molecule has 3 rings (SSSR count). The molecule has 0 radical (unpaired) electrons. The van der Waals surface area contributed by atoms with Gasteiger partial charge in [0.1, 0.15) is 0 Å². The van der Waals surface area contributed by atoms with Crippen LogP contribution in [0.3, 0.4) is 0 Å². The van der Waals surface area contributed by atoms with Gasteiger partial charge >= 0.3 is 0 Å². The van der Waals surface area contributed by atoms with Gasteiger partial charge in [0.2, 0.25) is 5.95 Å². The summed E-state index contributed by atoms with van der Waals surface area (Å²) in [7, 11) is 0. The van der Waals surface area contributed by atoms with Crippen molar-refractivity contribution in [3.8, 4) is 0 Å². The van der Waals surface area contributed by atoms with E-state index in [9.17, 15) is 4.79 Å². The molecule has 24 heavy (non-hydrogen) atoms. The molecule has 0 atom stereocenters. The van der Waals surface area contributed by atoms with E-state index in [4.69, 9.17) is 0 Å². The molecule has 2 N–H and O–H groups in total. The van der Waals surface area contributed by atoms with Crippen molar-refractivity contribution in [1.29, 1.82) is 0 Å². The fourth-order valence-electron chi connectivity index (χ4n) is 3.28. The summed E-state index contributed by atoms with van der Waals surface area (Å²) < 4.78 is 0. The Kier molecular flexibility index (Phi) is 5.72. The van der Waals surface area contributed by atoms with Crippen LogP contribution in [0.5, 0.6) is 0 Å². The lowest BCUT2D eigenvalue weighted by atomic mass is 10.1. The number of piperidine rings is 1. The zero-order chi connectivity index (χ0) is 16.8. The van der Waals surface area contributed by atoms with Crippen LogP contribution in [0, 0.1) is 0 Å². The molecule has 0 unspecified atom stereocenters. The largest absolute Gasteiger partial charge is 0.385 e. The van der Waals surface area contributed by atoms with Crippen LogP contribution >= 0.6 is 0 Å². The first-order valence-corrected chi connectivity index (χ1v) is 9.31. The molecule has 1 aromatic carbocycles. The fourth-order valence-corrected chi connectivity index (χ4v) is 3.28. The summed E-state index contributed by atoms with van der Waals surface area (Å²) in [6, 6.07) is 5.89. The maximum Gasteiger partial charge on any atom is 0.260 e. The topological polar surface area (TPSA) is 61.0 Å². The molecular formula is C19H28N4O. The number of rotatable bonds is 7. The number of nitrogens with one attached hydrogen (secondary N) is 2. The van der Waals surface area contributed by atoms with Gasteiger partial charge in [-0.3, -0.25) is 9.78 Å². The molecule has 5 nitrogen and oxygen atoms in total. The quantitative estimate of drug-likeness (QED) is 0.757. The molecule has 0 amide bonds. The van der Waals surface area contributed by atoms with Gasteiger partial charge in [-0.2, -0.15) is 0 Å². The summed E-state index contributed by atoms with van der Waals surface area (Å²) in [6.45, 7) is 5.12. The van der Waals surface area contributed by atoms with Gasteiger partial charge in [-0.15, -0.1) is 0 Å². The molecule has 130 valence electrons. The molecule has 2 aromatic rings. The molecule has 0 saturated carbocycles. The van der Waals surface area contributed by atoms with Crippen LogP contribution in [0.1, 0.15) is 51.9 Å². The van der Waals surface area contributed by atoms with E-state index in [1.165, 1.54) is 38.5 Å². The molecule has 0 bridgehead atoms. The zero-order valence-electron chi connectivity index (χ0n) is 14.6. The second-order valence-electron chi connectivity index (χ2n) is 6.66. The van der Waals surface area contributed by atoms with Crippen molar-refractivity contribution in [2.45, 2.75) is 51.9 Å². The van der Waals surface area contributed by atoms with Crippen molar-refractivity contribution in [1.82, 2.24) is 9.97 Å². The van der Waals surface area contributed by atoms with Gasteiger partial charge in [-0.25, -0.2) is 4.98 Å². The maximum atomic E-state index is 12.5. The summed E-state index contributed by atoms with van der Waals surface area (Å²) in [5.41, 5.74) is 1.73. The number of hydrogen-bond acceptors (Lipinski definition) is 4. The van der Waals surface area contributed by atoms with Crippen LogP contribution in [-0.2, 0) is 0 Å². The van der Waals surface area contributed by atoms with Gasteiger partial charge in [0.15, 0.2) is 0 Å². The van der Waals surface area contributed by atoms with Crippen LogP contribution in [-0.4, -0.2) is 29.6 Å². The van der Waals surface area contributed by atoms with E-state index in [2.05, 4.69) is 27.1 Å². The average Bonchev–Trinajstić information content (AvgIpc) is 2.62. The number of fused-ring (bicyclic) bond motifs is 1. The normalized spacial score (nSPS) is 15.0. The Morgan fingerprint density at radius 2 is 2.00 bits per heavy atom. The van der Waals surface area contributed by atoms with Gasteiger partial charge < -0.3 is 10.2 Å². The van der Waals surface area contributed by atoms with Crippen LogP contribution in [0.4, 0.5) is 11.6 Å². The van der Waals surface area contributed by atoms with E-state index in [1.807, 2.05) is 18.2 Å². The highest BCUT2D eigenvalue weighted by molar-refractivity contribution is 5.82. The molecular weight excluding hydrogens is 300 g/mol. The SMILES string of the molecule is CCCCCCNc1ccc2nc(N3CCCCC3)[nH]c(=O)c2c1. The molecule has 0 spiro atoms. The van der Waals surface area contributed by atoms with Crippen LogP contribution < -0.4 is 15.8 Å². The van der Waals surface area contributed by atoms with E-state index in [0.29, 0.717) is 11.3 Å². The minimum absolute atomic E-state index is 0.0461. The number of anilines is 2. The Balaban J connectivity index is 1.73. The summed E-state index contributed by atoms with van der Waals surface area (Å²) >= 11 is 0. The van der Waals surface area contributed by atoms with Crippen molar-refractivity contribution >= 4 is 22.5 Å². The standard InChI is InChI=1S/C19H28N4O/c1-2-3-4-6-11-20-15-9-10-17-16(14-15)18(24)22-19(21-17)23-12-7-5-8-13-23/h9-10,14,20H,2-8,11-13H2,1H3,(H,21,22,24). The second kappa shape index (κ2) is 8.18. The summed E-state index contributed by atoms with van der Waals surface area (Å²) in [4.78, 5) is 22.3. The van der Waals surface area contributed by atoms with E-state index in [0.717, 1.165) is 37.3 Å². The highest BCUT2D eigenvalue weighted by atomic mass is 16.1. The summed E-state index contributed by atoms with van der Waals surface area (Å²) in [5.74, 6) is 0.715. The molecule has 0 aliphatic carbocycles. The van der Waals surface area contributed by atoms with Gasteiger partial charge in [0.05, 0.1) is 10.9 Å². The minimum Gasteiger partial charge on any atom is -0.385 e. The van der Waals surface area contributed by atoms with Crippen molar-refractivity contribution in [2.24, 2.45) is 0 Å². The van der Waals surface area contributed by atoms with Gasteiger partial charge in [-0.05, 0) is 43.9 Å². The smallest absolute Gasteiger partial charge is 0.260 e. The predicted molar refractivity (Wildman–Crippen MR) is 101 cm³/mol. The van der Waals surface area contributed by atoms with Gasteiger partial charge in [-0.1, -0.05) is 26.2 Å². The Morgan fingerprint density at radius 3 is 2.79 bits per heavy atom. The van der Waals surface area contributed by atoms with E-state index in [-0.39, 0.29) is 5.56 Å². The highest BCUT2D eigenvalue weighted by Crippen LogP contribution is 2.19. The number of benzene rings is 1. The van der Waals surface area contributed by atoms with Crippen molar-refractivity contribution in [3.05, 3.63) is 28.6 Å². The van der Waals surface area contributed by atoms with Crippen molar-refractivity contribution < 1.29 is 0 Å². The molecule has 1 aromatic heterocycles. The number of aromatic amines is 1. The first-order valence-electron chi connectivity index (χ1n) is 9.31. The molecule has 1 aliphatic rings. The van der Waals surface area contributed by atoms with Crippen molar-refractivity contribution in [2.75, 3.05) is 29.9 Å². The molecule has 2 heterocycles. The minimum atomic E-state index is -0.0461. The first-order chi connectivity index (χ1) is 11.8. The number of H-pyrrole nitrogens is 1. The summed E-state index contributed by atoms with van der Waals surface area (Å²) in [6.07, 6.45) is 8.54. The van der Waals surface area contributed by atoms with Crippen LogP contribution in [0.2, 0.25) is 0 Å². The molecule has 5 heteroatoms. The lowest BCUT2D eigenvalue weighted by molar-refractivity contribution is 0.568. The second-order valence-corrected chi connectivity index (χ2v) is 6.66. The Morgan fingerprint density at radius 1 is 1.17 bits per heavy atom. The Labute approximate surface area is 143 Å². The summed E-state index contributed by atoms with van der Waals surface area (Å²) in [5, 5.41) is 4.07. The van der Waals surface area contributed by atoms with E-state index < -0.39 is 0 Å². The average molecular weight is 328 g/mol. The highest BCUT2D eigenvalue weighted by Gasteiger charge is 2.14. The third-order valence-electron chi connectivity index (χ3n) is 4.71. The fraction of sp³-hybridized carbons (Fsp3) is 0.579. The Bertz CT molecular complexity index is 719. The lowest BCUT2D eigenvalue weighted by Crippen LogP contribution is -2.32. The van der Waals surface area contributed by atoms with E-state index >= 15 is 0 Å². The monoisotopic (exact) mass is 328 g/mol. The van der Waals surface area contributed by atoms with Crippen LogP contribution in [0.15, 0.2) is 23.0 Å². The van der Waals surface area contributed by atoms with Gasteiger partial charge in [0.25, 0.3) is 5.56 Å². The number of nitrogens with zero attached hydrogens (tertiary/aromatic N) is 2. The van der Waals surface area contributed by atoms with E-state index in [1.54, 1.807) is 0 Å². The Hall–Kier alpha value is -2.04. The lowest BCUT2D eigenvalue weighted by Gasteiger charge is -2.27. The maximum absolute atomic E-state index is 12.5. The van der Waals surface area contributed by atoms with Gasteiger partial charge in [0, 0.05) is 25.3 Å². The number of aromatic nitrogens is 2. The third kappa shape index (κ3) is 4.08. The molecule has 1 aliphatic heterocycles. The molecule has 1 fully saturated rings. The first kappa shape index (κ1) is 16.8. The number of unbranched alkanes of at least 4 members (excludes halogenated alkanes) is 3. The van der Waals surface area contributed by atoms with Crippen molar-refractivity contribution in [3.63, 3.8) is 0 Å². The zero-order valence-corrected chi connectivity index (χ0v) is 14.6. The number of hydrogen-bond donors (Lipinski definition) is 2. The predicted octanol–water partition coefficient (Wildman–Crippen LogP) is 3.91. The third-order valence-corrected chi connectivity index (χ3v) is 4.71. The van der Waals surface area contributed by atoms with Crippen LogP contribution in [0.25, 0.3) is 10.9 Å². The molecule has 1 saturated heterocycles.